The standard InChI is InChI=1S/C15H25N3/c1-3-8-13-11-14(16-4-2)18-15(17-13)12-9-6-5-7-10-12/h11-12H,3-10H2,1-2H3,(H,16,17,18). The van der Waals surface area contributed by atoms with E-state index in [1.807, 2.05) is 0 Å². The Morgan fingerprint density at radius 3 is 2.61 bits per heavy atom. The van der Waals surface area contributed by atoms with Crippen LogP contribution in [-0.4, -0.2) is 16.5 Å². The fourth-order valence-electron chi connectivity index (χ4n) is 2.72. The molecule has 3 heteroatoms. The van der Waals surface area contributed by atoms with Gasteiger partial charge in [0.25, 0.3) is 0 Å². The van der Waals surface area contributed by atoms with Gasteiger partial charge in [-0.2, -0.15) is 0 Å². The molecule has 1 aromatic rings. The van der Waals surface area contributed by atoms with Gasteiger partial charge in [0.05, 0.1) is 0 Å². The fraction of sp³-hybridized carbons (Fsp3) is 0.733. The minimum Gasteiger partial charge on any atom is -0.370 e. The number of anilines is 1. The van der Waals surface area contributed by atoms with Crippen molar-refractivity contribution in [2.45, 2.75) is 64.7 Å². The molecule has 0 atom stereocenters. The van der Waals surface area contributed by atoms with Crippen LogP contribution >= 0.6 is 0 Å². The van der Waals surface area contributed by atoms with E-state index < -0.39 is 0 Å². The number of hydrogen-bond acceptors (Lipinski definition) is 3. The van der Waals surface area contributed by atoms with Gasteiger partial charge in [-0.1, -0.05) is 32.6 Å². The van der Waals surface area contributed by atoms with E-state index in [2.05, 4.69) is 25.2 Å². The van der Waals surface area contributed by atoms with E-state index in [0.29, 0.717) is 5.92 Å². The van der Waals surface area contributed by atoms with E-state index in [1.165, 1.54) is 37.8 Å². The highest BCUT2D eigenvalue weighted by Crippen LogP contribution is 2.31. The van der Waals surface area contributed by atoms with Crippen LogP contribution in [0.15, 0.2) is 6.07 Å². The van der Waals surface area contributed by atoms with Gasteiger partial charge in [-0.15, -0.1) is 0 Å². The van der Waals surface area contributed by atoms with E-state index in [0.717, 1.165) is 31.0 Å². The van der Waals surface area contributed by atoms with E-state index >= 15 is 0 Å². The van der Waals surface area contributed by atoms with Gasteiger partial charge in [0.1, 0.15) is 11.6 Å². The summed E-state index contributed by atoms with van der Waals surface area (Å²) in [5.74, 6) is 2.68. The molecule has 2 rings (SSSR count). The van der Waals surface area contributed by atoms with Crippen molar-refractivity contribution in [2.24, 2.45) is 0 Å². The zero-order valence-corrected chi connectivity index (χ0v) is 11.7. The van der Waals surface area contributed by atoms with Crippen molar-refractivity contribution in [1.82, 2.24) is 9.97 Å². The Hall–Kier alpha value is -1.12. The summed E-state index contributed by atoms with van der Waals surface area (Å²) in [7, 11) is 0. The maximum absolute atomic E-state index is 4.78. The lowest BCUT2D eigenvalue weighted by molar-refractivity contribution is 0.428. The van der Waals surface area contributed by atoms with Gasteiger partial charge in [0.2, 0.25) is 0 Å². The largest absolute Gasteiger partial charge is 0.370 e. The van der Waals surface area contributed by atoms with Crippen molar-refractivity contribution in [3.8, 4) is 0 Å². The Balaban J connectivity index is 2.20. The van der Waals surface area contributed by atoms with Gasteiger partial charge in [0.15, 0.2) is 0 Å². The lowest BCUT2D eigenvalue weighted by atomic mass is 9.88. The van der Waals surface area contributed by atoms with E-state index in [-0.39, 0.29) is 0 Å². The van der Waals surface area contributed by atoms with Gasteiger partial charge in [-0.05, 0) is 26.2 Å². The van der Waals surface area contributed by atoms with Crippen LogP contribution in [0.1, 0.15) is 69.8 Å². The predicted molar refractivity (Wildman–Crippen MR) is 76.0 cm³/mol. The summed E-state index contributed by atoms with van der Waals surface area (Å²) in [6.07, 6.45) is 8.78. The third-order valence-electron chi connectivity index (χ3n) is 3.63. The number of rotatable bonds is 5. The van der Waals surface area contributed by atoms with Crippen LogP contribution < -0.4 is 5.32 Å². The molecule has 1 aliphatic carbocycles. The Morgan fingerprint density at radius 2 is 1.94 bits per heavy atom. The van der Waals surface area contributed by atoms with Crippen LogP contribution in [0.3, 0.4) is 0 Å². The van der Waals surface area contributed by atoms with Gasteiger partial charge < -0.3 is 5.32 Å². The molecule has 1 N–H and O–H groups in total. The minimum atomic E-state index is 0.591. The molecule has 0 spiro atoms. The molecule has 1 fully saturated rings. The van der Waals surface area contributed by atoms with E-state index in [4.69, 9.17) is 9.97 Å². The molecule has 0 radical (unpaired) electrons. The summed E-state index contributed by atoms with van der Waals surface area (Å²) in [6.45, 7) is 5.24. The van der Waals surface area contributed by atoms with Crippen molar-refractivity contribution >= 4 is 5.82 Å². The van der Waals surface area contributed by atoms with Crippen LogP contribution in [0.5, 0.6) is 0 Å². The molecule has 0 amide bonds. The normalized spacial score (nSPS) is 16.8. The molecule has 1 aliphatic rings. The SMILES string of the molecule is CCCc1cc(NCC)nc(C2CCCCC2)n1. The summed E-state index contributed by atoms with van der Waals surface area (Å²) < 4.78 is 0. The summed E-state index contributed by atoms with van der Waals surface area (Å²) in [6, 6.07) is 2.11. The van der Waals surface area contributed by atoms with Crippen LogP contribution in [0.25, 0.3) is 0 Å². The fourth-order valence-corrected chi connectivity index (χ4v) is 2.72. The Bertz CT molecular complexity index is 346. The first-order valence-corrected chi connectivity index (χ1v) is 7.45. The molecule has 0 saturated heterocycles. The van der Waals surface area contributed by atoms with E-state index in [1.54, 1.807) is 0 Å². The maximum atomic E-state index is 4.78. The Morgan fingerprint density at radius 1 is 1.17 bits per heavy atom. The topological polar surface area (TPSA) is 37.8 Å². The molecular formula is C15H25N3. The number of nitrogens with zero attached hydrogens (tertiary/aromatic N) is 2. The van der Waals surface area contributed by atoms with Gasteiger partial charge in [0, 0.05) is 24.2 Å². The smallest absolute Gasteiger partial charge is 0.134 e. The highest BCUT2D eigenvalue weighted by Gasteiger charge is 2.19. The maximum Gasteiger partial charge on any atom is 0.134 e. The molecule has 3 nitrogen and oxygen atoms in total. The molecule has 0 aliphatic heterocycles. The third kappa shape index (κ3) is 3.44. The number of aryl methyl sites for hydroxylation is 1. The molecular weight excluding hydrogens is 222 g/mol. The molecule has 18 heavy (non-hydrogen) atoms. The Labute approximate surface area is 110 Å². The Kier molecular flexibility index (Phi) is 4.97. The van der Waals surface area contributed by atoms with Crippen LogP contribution in [0.4, 0.5) is 5.82 Å². The summed E-state index contributed by atoms with van der Waals surface area (Å²) >= 11 is 0. The minimum absolute atomic E-state index is 0.591. The summed E-state index contributed by atoms with van der Waals surface area (Å²) in [4.78, 5) is 9.48. The first-order chi connectivity index (χ1) is 8.83. The zero-order valence-electron chi connectivity index (χ0n) is 11.7. The second-order valence-corrected chi connectivity index (χ2v) is 5.22. The van der Waals surface area contributed by atoms with Crippen LogP contribution in [0, 0.1) is 0 Å². The van der Waals surface area contributed by atoms with Crippen molar-refractivity contribution in [3.63, 3.8) is 0 Å². The van der Waals surface area contributed by atoms with Gasteiger partial charge in [-0.25, -0.2) is 9.97 Å². The first-order valence-electron chi connectivity index (χ1n) is 7.45. The van der Waals surface area contributed by atoms with Crippen molar-refractivity contribution < 1.29 is 0 Å². The third-order valence-corrected chi connectivity index (χ3v) is 3.63. The van der Waals surface area contributed by atoms with Gasteiger partial charge >= 0.3 is 0 Å². The lowest BCUT2D eigenvalue weighted by Crippen LogP contribution is -2.12. The number of nitrogens with one attached hydrogen (secondary N) is 1. The van der Waals surface area contributed by atoms with Gasteiger partial charge in [-0.3, -0.25) is 0 Å². The highest BCUT2D eigenvalue weighted by molar-refractivity contribution is 5.36. The zero-order chi connectivity index (χ0) is 12.8. The average Bonchev–Trinajstić information content (AvgIpc) is 2.40. The second kappa shape index (κ2) is 6.72. The number of hydrogen-bond donors (Lipinski definition) is 1. The molecule has 0 aromatic carbocycles. The van der Waals surface area contributed by atoms with Crippen LogP contribution in [0.2, 0.25) is 0 Å². The molecule has 1 aromatic heterocycles. The lowest BCUT2D eigenvalue weighted by Gasteiger charge is -2.21. The first kappa shape index (κ1) is 13.3. The highest BCUT2D eigenvalue weighted by atomic mass is 15.0. The van der Waals surface area contributed by atoms with Crippen molar-refractivity contribution in [3.05, 3.63) is 17.6 Å². The quantitative estimate of drug-likeness (QED) is 0.857. The average molecular weight is 247 g/mol. The van der Waals surface area contributed by atoms with E-state index in [9.17, 15) is 0 Å². The molecule has 1 saturated carbocycles. The second-order valence-electron chi connectivity index (χ2n) is 5.22. The van der Waals surface area contributed by atoms with Crippen LogP contribution in [-0.2, 0) is 6.42 Å². The molecule has 100 valence electrons. The van der Waals surface area contributed by atoms with Crippen molar-refractivity contribution in [1.29, 1.82) is 0 Å². The predicted octanol–water partition coefficient (Wildman–Crippen LogP) is 3.91. The molecule has 0 unspecified atom stereocenters. The molecule has 1 heterocycles. The number of aromatic nitrogens is 2. The summed E-state index contributed by atoms with van der Waals surface area (Å²) in [5, 5.41) is 3.33. The monoisotopic (exact) mass is 247 g/mol. The molecule has 0 bridgehead atoms. The summed E-state index contributed by atoms with van der Waals surface area (Å²) in [5.41, 5.74) is 1.20. The van der Waals surface area contributed by atoms with Crippen molar-refractivity contribution in [2.75, 3.05) is 11.9 Å².